The van der Waals surface area contributed by atoms with Crippen LogP contribution in [0.25, 0.3) is 0 Å². The molecule has 19 heavy (non-hydrogen) atoms. The Morgan fingerprint density at radius 3 is 2.32 bits per heavy atom. The lowest BCUT2D eigenvalue weighted by atomic mass is 9.87. The molecule has 1 aliphatic rings. The fourth-order valence-corrected chi connectivity index (χ4v) is 2.79. The Morgan fingerprint density at radius 1 is 1.11 bits per heavy atom. The number of rotatable bonds is 4. The number of piperidine rings is 1. The van der Waals surface area contributed by atoms with E-state index in [-0.39, 0.29) is 0 Å². The van der Waals surface area contributed by atoms with Gasteiger partial charge >= 0.3 is 0 Å². The molecule has 0 bridgehead atoms. The zero-order valence-electron chi connectivity index (χ0n) is 12.5. The zero-order valence-corrected chi connectivity index (χ0v) is 12.5. The van der Waals surface area contributed by atoms with Crippen molar-refractivity contribution in [3.8, 4) is 11.5 Å². The first kappa shape index (κ1) is 14.2. The molecule has 0 aromatic heterocycles. The SMILES string of the molecule is COc1cc(C(C)C)cc(C2CCNCC2)c1OC. The van der Waals surface area contributed by atoms with Gasteiger partial charge in [0.25, 0.3) is 0 Å². The summed E-state index contributed by atoms with van der Waals surface area (Å²) in [5.41, 5.74) is 2.64. The lowest BCUT2D eigenvalue weighted by Gasteiger charge is -2.26. The third-order valence-corrected chi connectivity index (χ3v) is 3.98. The van der Waals surface area contributed by atoms with Crippen LogP contribution in [-0.2, 0) is 0 Å². The van der Waals surface area contributed by atoms with Crippen LogP contribution in [0.15, 0.2) is 12.1 Å². The van der Waals surface area contributed by atoms with Crippen molar-refractivity contribution in [1.29, 1.82) is 0 Å². The Morgan fingerprint density at radius 2 is 1.79 bits per heavy atom. The molecule has 1 saturated heterocycles. The third-order valence-electron chi connectivity index (χ3n) is 3.98. The second-order valence-electron chi connectivity index (χ2n) is 5.52. The Kier molecular flexibility index (Phi) is 4.70. The molecule has 0 unspecified atom stereocenters. The molecular formula is C16H25NO2. The van der Waals surface area contributed by atoms with Gasteiger partial charge in [-0.2, -0.15) is 0 Å². The number of ether oxygens (including phenoxy) is 2. The maximum Gasteiger partial charge on any atom is 0.164 e. The van der Waals surface area contributed by atoms with Gasteiger partial charge < -0.3 is 14.8 Å². The minimum atomic E-state index is 0.500. The Bertz CT molecular complexity index is 423. The highest BCUT2D eigenvalue weighted by molar-refractivity contribution is 5.51. The summed E-state index contributed by atoms with van der Waals surface area (Å²) in [6.45, 7) is 6.60. The fraction of sp³-hybridized carbons (Fsp3) is 0.625. The quantitative estimate of drug-likeness (QED) is 0.904. The number of hydrogen-bond donors (Lipinski definition) is 1. The number of methoxy groups -OCH3 is 2. The first-order chi connectivity index (χ1) is 9.17. The van der Waals surface area contributed by atoms with Crippen molar-refractivity contribution in [3.05, 3.63) is 23.3 Å². The molecule has 3 heteroatoms. The average molecular weight is 263 g/mol. The predicted octanol–water partition coefficient (Wildman–Crippen LogP) is 3.29. The van der Waals surface area contributed by atoms with Crippen LogP contribution in [0.1, 0.15) is 49.7 Å². The molecule has 0 aliphatic carbocycles. The van der Waals surface area contributed by atoms with Gasteiger partial charge in [0, 0.05) is 5.56 Å². The van der Waals surface area contributed by atoms with E-state index in [0.717, 1.165) is 24.6 Å². The second-order valence-corrected chi connectivity index (χ2v) is 5.52. The van der Waals surface area contributed by atoms with Gasteiger partial charge in [0.05, 0.1) is 14.2 Å². The molecule has 0 amide bonds. The summed E-state index contributed by atoms with van der Waals surface area (Å²) in [4.78, 5) is 0. The van der Waals surface area contributed by atoms with Gasteiger partial charge in [0.15, 0.2) is 11.5 Å². The highest BCUT2D eigenvalue weighted by atomic mass is 16.5. The Hall–Kier alpha value is -1.22. The molecular weight excluding hydrogens is 238 g/mol. The van der Waals surface area contributed by atoms with E-state index in [1.807, 2.05) is 0 Å². The smallest absolute Gasteiger partial charge is 0.164 e. The van der Waals surface area contributed by atoms with E-state index in [2.05, 4.69) is 31.3 Å². The fourth-order valence-electron chi connectivity index (χ4n) is 2.79. The predicted molar refractivity (Wildman–Crippen MR) is 78.5 cm³/mol. The van der Waals surface area contributed by atoms with Crippen LogP contribution in [0, 0.1) is 0 Å². The van der Waals surface area contributed by atoms with Crippen molar-refractivity contribution in [1.82, 2.24) is 5.32 Å². The highest BCUT2D eigenvalue weighted by Crippen LogP contribution is 2.41. The van der Waals surface area contributed by atoms with Gasteiger partial charge in [-0.1, -0.05) is 19.9 Å². The van der Waals surface area contributed by atoms with Crippen molar-refractivity contribution in [2.24, 2.45) is 0 Å². The first-order valence-corrected chi connectivity index (χ1v) is 7.14. The molecule has 1 aliphatic heterocycles. The summed E-state index contributed by atoms with van der Waals surface area (Å²) in [5.74, 6) is 2.85. The average Bonchev–Trinajstić information content (AvgIpc) is 2.46. The van der Waals surface area contributed by atoms with Crippen LogP contribution in [0.4, 0.5) is 0 Å². The normalized spacial score (nSPS) is 16.7. The van der Waals surface area contributed by atoms with Crippen LogP contribution >= 0.6 is 0 Å². The number of hydrogen-bond acceptors (Lipinski definition) is 3. The lowest BCUT2D eigenvalue weighted by molar-refractivity contribution is 0.343. The maximum atomic E-state index is 5.61. The molecule has 106 valence electrons. The lowest BCUT2D eigenvalue weighted by Crippen LogP contribution is -2.27. The summed E-state index contributed by atoms with van der Waals surface area (Å²) in [6.07, 6.45) is 2.34. The van der Waals surface area contributed by atoms with E-state index in [4.69, 9.17) is 9.47 Å². The molecule has 3 nitrogen and oxygen atoms in total. The van der Waals surface area contributed by atoms with E-state index in [0.29, 0.717) is 11.8 Å². The summed E-state index contributed by atoms with van der Waals surface area (Å²) >= 11 is 0. The van der Waals surface area contributed by atoms with E-state index in [1.54, 1.807) is 14.2 Å². The van der Waals surface area contributed by atoms with Crippen LogP contribution in [0.2, 0.25) is 0 Å². The van der Waals surface area contributed by atoms with Crippen LogP contribution in [0.3, 0.4) is 0 Å². The van der Waals surface area contributed by atoms with Crippen molar-refractivity contribution in [3.63, 3.8) is 0 Å². The summed E-state index contributed by atoms with van der Waals surface area (Å²) in [5, 5.41) is 3.42. The summed E-state index contributed by atoms with van der Waals surface area (Å²) < 4.78 is 11.1. The van der Waals surface area contributed by atoms with Crippen LogP contribution < -0.4 is 14.8 Å². The molecule has 1 heterocycles. The minimum Gasteiger partial charge on any atom is -0.493 e. The van der Waals surface area contributed by atoms with E-state index >= 15 is 0 Å². The van der Waals surface area contributed by atoms with Crippen molar-refractivity contribution >= 4 is 0 Å². The third kappa shape index (κ3) is 3.03. The highest BCUT2D eigenvalue weighted by Gasteiger charge is 2.22. The molecule has 0 radical (unpaired) electrons. The largest absolute Gasteiger partial charge is 0.493 e. The van der Waals surface area contributed by atoms with E-state index in [1.165, 1.54) is 24.0 Å². The zero-order chi connectivity index (χ0) is 13.8. The maximum absolute atomic E-state index is 5.61. The monoisotopic (exact) mass is 263 g/mol. The Labute approximate surface area is 116 Å². The molecule has 0 saturated carbocycles. The van der Waals surface area contributed by atoms with E-state index < -0.39 is 0 Å². The topological polar surface area (TPSA) is 30.5 Å². The van der Waals surface area contributed by atoms with E-state index in [9.17, 15) is 0 Å². The molecule has 1 fully saturated rings. The van der Waals surface area contributed by atoms with Crippen molar-refractivity contribution in [2.45, 2.75) is 38.5 Å². The summed E-state index contributed by atoms with van der Waals surface area (Å²) in [7, 11) is 3.45. The molecule has 0 spiro atoms. The summed E-state index contributed by atoms with van der Waals surface area (Å²) in [6, 6.07) is 4.41. The molecule has 1 N–H and O–H groups in total. The minimum absolute atomic E-state index is 0.500. The van der Waals surface area contributed by atoms with Crippen LogP contribution in [0.5, 0.6) is 11.5 Å². The first-order valence-electron chi connectivity index (χ1n) is 7.14. The Balaban J connectivity index is 2.45. The van der Waals surface area contributed by atoms with Gasteiger partial charge in [-0.15, -0.1) is 0 Å². The number of benzene rings is 1. The van der Waals surface area contributed by atoms with Gasteiger partial charge in [-0.3, -0.25) is 0 Å². The second kappa shape index (κ2) is 6.29. The standard InChI is InChI=1S/C16H25NO2/c1-11(2)13-9-14(12-5-7-17-8-6-12)16(19-4)15(10-13)18-3/h9-12,17H,5-8H2,1-4H3. The number of nitrogens with one attached hydrogen (secondary N) is 1. The van der Waals surface area contributed by atoms with Crippen molar-refractivity contribution in [2.75, 3.05) is 27.3 Å². The van der Waals surface area contributed by atoms with Crippen LogP contribution in [-0.4, -0.2) is 27.3 Å². The van der Waals surface area contributed by atoms with Gasteiger partial charge in [0.2, 0.25) is 0 Å². The molecule has 1 aromatic carbocycles. The van der Waals surface area contributed by atoms with Gasteiger partial charge in [-0.25, -0.2) is 0 Å². The van der Waals surface area contributed by atoms with Gasteiger partial charge in [0.1, 0.15) is 0 Å². The molecule has 2 rings (SSSR count). The van der Waals surface area contributed by atoms with Crippen molar-refractivity contribution < 1.29 is 9.47 Å². The van der Waals surface area contributed by atoms with Gasteiger partial charge in [-0.05, 0) is 49.4 Å². The molecule has 0 atom stereocenters. The molecule has 1 aromatic rings.